The standard InChI is InChI=1S/C19H24N6S/c1-4-24-13-17(15(3)22-24)11-20-19(26)21-18-9-10-25(23-18)12-16-7-5-14(2)6-8-16/h5-10,13H,4,11-12H2,1-3H3,(H2,20,21,23,26). The lowest BCUT2D eigenvalue weighted by atomic mass is 10.1. The minimum atomic E-state index is 0.550. The second kappa shape index (κ2) is 8.14. The van der Waals surface area contributed by atoms with Crippen molar-refractivity contribution in [3.05, 3.63) is 65.1 Å². The van der Waals surface area contributed by atoms with Crippen LogP contribution in [-0.4, -0.2) is 24.7 Å². The second-order valence-electron chi connectivity index (χ2n) is 6.29. The zero-order valence-corrected chi connectivity index (χ0v) is 16.2. The number of benzene rings is 1. The molecule has 0 bridgehead atoms. The van der Waals surface area contributed by atoms with Crippen LogP contribution in [0.5, 0.6) is 0 Å². The Labute approximate surface area is 159 Å². The third-order valence-corrected chi connectivity index (χ3v) is 4.41. The number of nitrogens with zero attached hydrogens (tertiary/aromatic N) is 4. The quantitative estimate of drug-likeness (QED) is 0.654. The molecule has 136 valence electrons. The fourth-order valence-corrected chi connectivity index (χ4v) is 2.80. The van der Waals surface area contributed by atoms with Gasteiger partial charge in [0.25, 0.3) is 0 Å². The van der Waals surface area contributed by atoms with Crippen molar-refractivity contribution in [2.24, 2.45) is 0 Å². The molecular weight excluding hydrogens is 344 g/mol. The Balaban J connectivity index is 1.52. The minimum Gasteiger partial charge on any atom is -0.358 e. The molecule has 1 aromatic carbocycles. The van der Waals surface area contributed by atoms with E-state index in [1.165, 1.54) is 11.1 Å². The van der Waals surface area contributed by atoms with E-state index in [1.807, 2.05) is 34.7 Å². The van der Waals surface area contributed by atoms with Crippen molar-refractivity contribution in [2.45, 2.75) is 40.4 Å². The maximum atomic E-state index is 5.37. The van der Waals surface area contributed by atoms with E-state index in [4.69, 9.17) is 12.2 Å². The molecule has 0 amide bonds. The third-order valence-electron chi connectivity index (χ3n) is 4.16. The van der Waals surface area contributed by atoms with Gasteiger partial charge < -0.3 is 10.6 Å². The van der Waals surface area contributed by atoms with E-state index in [0.717, 1.165) is 30.2 Å². The van der Waals surface area contributed by atoms with Gasteiger partial charge in [-0.2, -0.15) is 10.2 Å². The Morgan fingerprint density at radius 1 is 1.08 bits per heavy atom. The zero-order chi connectivity index (χ0) is 18.5. The zero-order valence-electron chi connectivity index (χ0n) is 15.4. The van der Waals surface area contributed by atoms with Crippen LogP contribution in [0, 0.1) is 13.8 Å². The van der Waals surface area contributed by atoms with Gasteiger partial charge in [-0.15, -0.1) is 0 Å². The summed E-state index contributed by atoms with van der Waals surface area (Å²) in [4.78, 5) is 0. The molecule has 0 aliphatic heterocycles. The molecule has 0 spiro atoms. The first-order valence-corrected chi connectivity index (χ1v) is 9.11. The van der Waals surface area contributed by atoms with E-state index in [-0.39, 0.29) is 0 Å². The SMILES string of the molecule is CCn1cc(CNC(=S)Nc2ccn(Cc3ccc(C)cc3)n2)c(C)n1. The molecule has 3 aromatic rings. The lowest BCUT2D eigenvalue weighted by Gasteiger charge is -2.08. The Bertz CT molecular complexity index is 878. The van der Waals surface area contributed by atoms with Crippen molar-refractivity contribution in [1.29, 1.82) is 0 Å². The molecule has 0 saturated heterocycles. The number of hydrogen-bond acceptors (Lipinski definition) is 3. The van der Waals surface area contributed by atoms with Crippen LogP contribution in [0.2, 0.25) is 0 Å². The fraction of sp³-hybridized carbons (Fsp3) is 0.316. The van der Waals surface area contributed by atoms with Crippen LogP contribution in [0.3, 0.4) is 0 Å². The van der Waals surface area contributed by atoms with Gasteiger partial charge in [-0.1, -0.05) is 29.8 Å². The summed E-state index contributed by atoms with van der Waals surface area (Å²) in [5.74, 6) is 0.732. The smallest absolute Gasteiger partial charge is 0.172 e. The number of aryl methyl sites for hydroxylation is 3. The summed E-state index contributed by atoms with van der Waals surface area (Å²) in [6.07, 6.45) is 3.99. The molecule has 6 nitrogen and oxygen atoms in total. The molecule has 0 unspecified atom stereocenters. The highest BCUT2D eigenvalue weighted by Gasteiger charge is 2.06. The average Bonchev–Trinajstić information content (AvgIpc) is 3.21. The van der Waals surface area contributed by atoms with Gasteiger partial charge in [-0.3, -0.25) is 9.36 Å². The predicted molar refractivity (Wildman–Crippen MR) is 108 cm³/mol. The largest absolute Gasteiger partial charge is 0.358 e. The number of thiocarbonyl (C=S) groups is 1. The first kappa shape index (κ1) is 18.1. The van der Waals surface area contributed by atoms with Gasteiger partial charge in [-0.25, -0.2) is 0 Å². The number of nitrogens with one attached hydrogen (secondary N) is 2. The van der Waals surface area contributed by atoms with Gasteiger partial charge in [0.15, 0.2) is 10.9 Å². The summed E-state index contributed by atoms with van der Waals surface area (Å²) in [5, 5.41) is 15.8. The van der Waals surface area contributed by atoms with Crippen molar-refractivity contribution in [3.63, 3.8) is 0 Å². The Kier molecular flexibility index (Phi) is 5.68. The lowest BCUT2D eigenvalue weighted by Crippen LogP contribution is -2.28. The fourth-order valence-electron chi connectivity index (χ4n) is 2.63. The Morgan fingerprint density at radius 3 is 2.54 bits per heavy atom. The van der Waals surface area contributed by atoms with Crippen LogP contribution in [0.1, 0.15) is 29.3 Å². The third kappa shape index (κ3) is 4.70. The summed E-state index contributed by atoms with van der Waals surface area (Å²) >= 11 is 5.37. The maximum absolute atomic E-state index is 5.37. The van der Waals surface area contributed by atoms with Gasteiger partial charge in [0, 0.05) is 37.1 Å². The summed E-state index contributed by atoms with van der Waals surface area (Å²) in [5.41, 5.74) is 4.63. The molecule has 0 radical (unpaired) electrons. The molecule has 2 N–H and O–H groups in total. The average molecular weight is 369 g/mol. The van der Waals surface area contributed by atoms with E-state index < -0.39 is 0 Å². The number of aromatic nitrogens is 4. The summed E-state index contributed by atoms with van der Waals surface area (Å²) in [6, 6.07) is 10.4. The lowest BCUT2D eigenvalue weighted by molar-refractivity contribution is 0.653. The molecular formula is C19H24N6S. The number of rotatable bonds is 6. The predicted octanol–water partition coefficient (Wildman–Crippen LogP) is 3.25. The molecule has 0 atom stereocenters. The molecule has 2 aromatic heterocycles. The molecule has 0 fully saturated rings. The van der Waals surface area contributed by atoms with Crippen LogP contribution in [-0.2, 0) is 19.6 Å². The highest BCUT2D eigenvalue weighted by atomic mass is 32.1. The van der Waals surface area contributed by atoms with Crippen LogP contribution < -0.4 is 10.6 Å². The van der Waals surface area contributed by atoms with Gasteiger partial charge in [0.2, 0.25) is 0 Å². The Morgan fingerprint density at radius 2 is 1.85 bits per heavy atom. The van der Waals surface area contributed by atoms with Crippen molar-refractivity contribution in [3.8, 4) is 0 Å². The highest BCUT2D eigenvalue weighted by molar-refractivity contribution is 7.80. The van der Waals surface area contributed by atoms with Crippen LogP contribution in [0.15, 0.2) is 42.7 Å². The maximum Gasteiger partial charge on any atom is 0.172 e. The van der Waals surface area contributed by atoms with Crippen molar-refractivity contribution in [2.75, 3.05) is 5.32 Å². The normalized spacial score (nSPS) is 10.7. The van der Waals surface area contributed by atoms with Gasteiger partial charge in [-0.05, 0) is 38.6 Å². The van der Waals surface area contributed by atoms with Crippen LogP contribution in [0.4, 0.5) is 5.82 Å². The van der Waals surface area contributed by atoms with Crippen molar-refractivity contribution < 1.29 is 0 Å². The van der Waals surface area contributed by atoms with Crippen molar-refractivity contribution in [1.82, 2.24) is 24.9 Å². The summed E-state index contributed by atoms with van der Waals surface area (Å²) in [6.45, 7) is 8.40. The first-order chi connectivity index (χ1) is 12.5. The van der Waals surface area contributed by atoms with E-state index >= 15 is 0 Å². The molecule has 0 aliphatic carbocycles. The topological polar surface area (TPSA) is 59.7 Å². The monoisotopic (exact) mass is 368 g/mol. The molecule has 2 heterocycles. The van der Waals surface area contributed by atoms with E-state index in [2.05, 4.69) is 58.9 Å². The Hall–Kier alpha value is -2.67. The van der Waals surface area contributed by atoms with Crippen LogP contribution in [0.25, 0.3) is 0 Å². The van der Waals surface area contributed by atoms with E-state index in [0.29, 0.717) is 11.7 Å². The molecule has 26 heavy (non-hydrogen) atoms. The number of anilines is 1. The van der Waals surface area contributed by atoms with Gasteiger partial charge in [0.1, 0.15) is 0 Å². The summed E-state index contributed by atoms with van der Waals surface area (Å²) < 4.78 is 3.82. The van der Waals surface area contributed by atoms with Gasteiger partial charge >= 0.3 is 0 Å². The van der Waals surface area contributed by atoms with E-state index in [9.17, 15) is 0 Å². The minimum absolute atomic E-state index is 0.550. The summed E-state index contributed by atoms with van der Waals surface area (Å²) in [7, 11) is 0. The molecule has 0 saturated carbocycles. The van der Waals surface area contributed by atoms with Crippen molar-refractivity contribution >= 4 is 23.1 Å². The van der Waals surface area contributed by atoms with Gasteiger partial charge in [0.05, 0.1) is 12.2 Å². The first-order valence-electron chi connectivity index (χ1n) is 8.70. The molecule has 0 aliphatic rings. The molecule has 7 heteroatoms. The second-order valence-corrected chi connectivity index (χ2v) is 6.70. The van der Waals surface area contributed by atoms with E-state index in [1.54, 1.807) is 0 Å². The molecule has 3 rings (SSSR count). The van der Waals surface area contributed by atoms with Crippen LogP contribution >= 0.6 is 12.2 Å². The number of hydrogen-bond donors (Lipinski definition) is 2. The highest BCUT2D eigenvalue weighted by Crippen LogP contribution is 2.09.